The van der Waals surface area contributed by atoms with Crippen LogP contribution in [0.1, 0.15) is 6.42 Å². The van der Waals surface area contributed by atoms with E-state index in [0.717, 1.165) is 0 Å². The molecule has 0 saturated carbocycles. The summed E-state index contributed by atoms with van der Waals surface area (Å²) in [6.07, 6.45) is 0.304. The van der Waals surface area contributed by atoms with E-state index in [1.165, 1.54) is 0 Å². The van der Waals surface area contributed by atoms with E-state index in [-0.39, 0.29) is 12.0 Å². The fraction of sp³-hybridized carbons (Fsp3) is 0.714. The van der Waals surface area contributed by atoms with Crippen molar-refractivity contribution < 1.29 is 9.84 Å². The van der Waals surface area contributed by atoms with Crippen LogP contribution in [0.15, 0.2) is 11.6 Å². The molecule has 2 nitrogen and oxygen atoms in total. The quantitative estimate of drug-likeness (QED) is 0.660. The van der Waals surface area contributed by atoms with E-state index < -0.39 is 0 Å². The Morgan fingerprint density at radius 1 is 1.70 bits per heavy atom. The summed E-state index contributed by atoms with van der Waals surface area (Å²) in [6, 6.07) is 0. The van der Waals surface area contributed by atoms with Gasteiger partial charge in [-0.15, -0.1) is 0 Å². The molecule has 0 aromatic heterocycles. The first-order valence-electron chi connectivity index (χ1n) is 3.29. The average molecular weight is 163 g/mol. The average Bonchev–Trinajstić information content (AvgIpc) is 2.15. The first kappa shape index (κ1) is 8.05. The van der Waals surface area contributed by atoms with Crippen LogP contribution in [-0.2, 0) is 4.74 Å². The molecule has 1 saturated heterocycles. The minimum absolute atomic E-state index is 0.157. The van der Waals surface area contributed by atoms with E-state index in [1.54, 1.807) is 0 Å². The van der Waals surface area contributed by atoms with E-state index in [2.05, 4.69) is 6.58 Å². The van der Waals surface area contributed by atoms with E-state index in [1.807, 2.05) is 0 Å². The lowest BCUT2D eigenvalue weighted by Gasteiger charge is -2.09. The lowest BCUT2D eigenvalue weighted by molar-refractivity contribution is 0.118. The number of aliphatic hydroxyl groups is 1. The molecular weight excluding hydrogens is 152 g/mol. The number of rotatable bonds is 2. The second kappa shape index (κ2) is 3.37. The van der Waals surface area contributed by atoms with E-state index in [4.69, 9.17) is 16.3 Å². The van der Waals surface area contributed by atoms with E-state index in [0.29, 0.717) is 24.7 Å². The second-order valence-electron chi connectivity index (χ2n) is 2.59. The van der Waals surface area contributed by atoms with Gasteiger partial charge in [0.25, 0.3) is 0 Å². The van der Waals surface area contributed by atoms with Crippen molar-refractivity contribution in [2.75, 3.05) is 13.2 Å². The molecule has 1 heterocycles. The topological polar surface area (TPSA) is 29.5 Å². The summed E-state index contributed by atoms with van der Waals surface area (Å²) in [5.41, 5.74) is 0. The van der Waals surface area contributed by atoms with E-state index in [9.17, 15) is 5.11 Å². The van der Waals surface area contributed by atoms with Gasteiger partial charge in [-0.2, -0.15) is 0 Å². The Kier molecular flexibility index (Phi) is 2.72. The Labute approximate surface area is 65.4 Å². The van der Waals surface area contributed by atoms with Crippen LogP contribution in [0.25, 0.3) is 0 Å². The molecule has 3 heteroatoms. The third-order valence-electron chi connectivity index (χ3n) is 1.65. The minimum atomic E-state index is -0.351. The Bertz CT molecular complexity index is 136. The summed E-state index contributed by atoms with van der Waals surface area (Å²) in [5.74, 6) is 0.157. The maximum atomic E-state index is 9.21. The Balaban J connectivity index is 2.33. The highest BCUT2D eigenvalue weighted by atomic mass is 35.5. The monoisotopic (exact) mass is 162 g/mol. The fourth-order valence-corrected chi connectivity index (χ4v) is 1.26. The van der Waals surface area contributed by atoms with Gasteiger partial charge in [0, 0.05) is 11.0 Å². The van der Waals surface area contributed by atoms with Crippen molar-refractivity contribution in [2.45, 2.75) is 12.5 Å². The zero-order chi connectivity index (χ0) is 7.56. The van der Waals surface area contributed by atoms with Gasteiger partial charge >= 0.3 is 0 Å². The summed E-state index contributed by atoms with van der Waals surface area (Å²) >= 11 is 5.56. The fourth-order valence-electron chi connectivity index (χ4n) is 1.07. The minimum Gasteiger partial charge on any atom is -0.390 e. The van der Waals surface area contributed by atoms with Crippen molar-refractivity contribution >= 4 is 11.6 Å². The molecule has 58 valence electrons. The zero-order valence-corrected chi connectivity index (χ0v) is 6.47. The number of hydrogen-bond acceptors (Lipinski definition) is 2. The van der Waals surface area contributed by atoms with Crippen LogP contribution in [-0.4, -0.2) is 24.4 Å². The summed E-state index contributed by atoms with van der Waals surface area (Å²) < 4.78 is 5.02. The van der Waals surface area contributed by atoms with Crippen LogP contribution in [0.3, 0.4) is 0 Å². The molecule has 1 fully saturated rings. The van der Waals surface area contributed by atoms with Gasteiger partial charge in [-0.1, -0.05) is 18.2 Å². The van der Waals surface area contributed by atoms with Crippen molar-refractivity contribution in [2.24, 2.45) is 5.92 Å². The summed E-state index contributed by atoms with van der Waals surface area (Å²) in [6.45, 7) is 4.60. The maximum Gasteiger partial charge on any atom is 0.0827 e. The van der Waals surface area contributed by atoms with Gasteiger partial charge in [-0.25, -0.2) is 0 Å². The van der Waals surface area contributed by atoms with Gasteiger partial charge in [0.15, 0.2) is 0 Å². The van der Waals surface area contributed by atoms with Gasteiger partial charge in [0.1, 0.15) is 0 Å². The molecule has 0 amide bonds. The smallest absolute Gasteiger partial charge is 0.0827 e. The lowest BCUT2D eigenvalue weighted by atomic mass is 10.0. The summed E-state index contributed by atoms with van der Waals surface area (Å²) in [5, 5.41) is 9.81. The largest absolute Gasteiger partial charge is 0.390 e. The maximum absolute atomic E-state index is 9.21. The molecule has 0 bridgehead atoms. The first-order chi connectivity index (χ1) is 4.70. The molecule has 1 aliphatic heterocycles. The molecular formula is C7H11ClO2. The van der Waals surface area contributed by atoms with Crippen molar-refractivity contribution in [1.82, 2.24) is 0 Å². The van der Waals surface area contributed by atoms with Gasteiger partial charge in [-0.05, 0) is 6.42 Å². The molecule has 0 radical (unpaired) electrons. The molecule has 0 spiro atoms. The molecule has 1 N–H and O–H groups in total. The Morgan fingerprint density at radius 2 is 2.40 bits per heavy atom. The van der Waals surface area contributed by atoms with Crippen LogP contribution in [0.2, 0.25) is 0 Å². The zero-order valence-electron chi connectivity index (χ0n) is 5.72. The normalized spacial score (nSPS) is 32.6. The van der Waals surface area contributed by atoms with Crippen molar-refractivity contribution in [3.8, 4) is 0 Å². The predicted molar refractivity (Wildman–Crippen MR) is 39.9 cm³/mol. The molecule has 2 atom stereocenters. The second-order valence-corrected chi connectivity index (χ2v) is 3.12. The molecule has 1 aliphatic rings. The SMILES string of the molecule is C=C(Cl)C[C@@H]1COC[C@H]1O. The standard InChI is InChI=1S/C7H11ClO2/c1-5(8)2-6-3-10-4-7(6)9/h6-7,9H,1-4H2/t6-,7-/m1/s1. The molecule has 1 rings (SSSR count). The molecule has 0 aromatic rings. The van der Waals surface area contributed by atoms with Crippen molar-refractivity contribution in [3.05, 3.63) is 11.6 Å². The number of aliphatic hydroxyl groups excluding tert-OH is 1. The highest BCUT2D eigenvalue weighted by molar-refractivity contribution is 6.29. The lowest BCUT2D eigenvalue weighted by Crippen LogP contribution is -2.17. The van der Waals surface area contributed by atoms with Crippen LogP contribution in [0, 0.1) is 5.92 Å². The highest BCUT2D eigenvalue weighted by Gasteiger charge is 2.25. The van der Waals surface area contributed by atoms with Crippen LogP contribution in [0.4, 0.5) is 0 Å². The Hall–Kier alpha value is -0.0500. The molecule has 10 heavy (non-hydrogen) atoms. The third-order valence-corrected chi connectivity index (χ3v) is 1.80. The van der Waals surface area contributed by atoms with Crippen molar-refractivity contribution in [1.29, 1.82) is 0 Å². The molecule has 0 unspecified atom stereocenters. The van der Waals surface area contributed by atoms with Crippen LogP contribution >= 0.6 is 11.6 Å². The number of hydrogen-bond donors (Lipinski definition) is 1. The van der Waals surface area contributed by atoms with E-state index >= 15 is 0 Å². The first-order valence-corrected chi connectivity index (χ1v) is 3.67. The predicted octanol–water partition coefficient (Wildman–Crippen LogP) is 1.14. The third kappa shape index (κ3) is 1.97. The summed E-state index contributed by atoms with van der Waals surface area (Å²) in [7, 11) is 0. The van der Waals surface area contributed by atoms with Gasteiger partial charge < -0.3 is 9.84 Å². The van der Waals surface area contributed by atoms with Gasteiger partial charge in [0.2, 0.25) is 0 Å². The van der Waals surface area contributed by atoms with Gasteiger partial charge in [0.05, 0.1) is 19.3 Å². The number of allylic oxidation sites excluding steroid dienone is 1. The van der Waals surface area contributed by atoms with Crippen LogP contribution < -0.4 is 0 Å². The number of halogens is 1. The van der Waals surface area contributed by atoms with Gasteiger partial charge in [-0.3, -0.25) is 0 Å². The van der Waals surface area contributed by atoms with Crippen LogP contribution in [0.5, 0.6) is 0 Å². The molecule has 0 aromatic carbocycles. The summed E-state index contributed by atoms with van der Waals surface area (Å²) in [4.78, 5) is 0. The van der Waals surface area contributed by atoms with Crippen molar-refractivity contribution in [3.63, 3.8) is 0 Å². The Morgan fingerprint density at radius 3 is 2.80 bits per heavy atom. The highest BCUT2D eigenvalue weighted by Crippen LogP contribution is 2.22. The molecule has 0 aliphatic carbocycles. The number of ether oxygens (including phenoxy) is 1.